The highest BCUT2D eigenvalue weighted by molar-refractivity contribution is 5.70. The minimum Gasteiger partial charge on any atom is -0.370 e. The highest BCUT2D eigenvalue weighted by atomic mass is 15.3. The molecule has 2 aromatic rings. The Labute approximate surface area is 94.3 Å². The van der Waals surface area contributed by atoms with E-state index < -0.39 is 0 Å². The number of aromatic nitrogens is 3. The summed E-state index contributed by atoms with van der Waals surface area (Å²) in [4.78, 5) is 4.15. The Hall–Kier alpha value is -1.84. The predicted molar refractivity (Wildman–Crippen MR) is 63.3 cm³/mol. The van der Waals surface area contributed by atoms with Crippen molar-refractivity contribution in [2.24, 2.45) is 0 Å². The normalized spacial score (nSPS) is 13.6. The van der Waals surface area contributed by atoms with Gasteiger partial charge in [0.05, 0.1) is 5.69 Å². The van der Waals surface area contributed by atoms with Crippen LogP contribution in [0, 0.1) is 0 Å². The van der Waals surface area contributed by atoms with E-state index in [2.05, 4.69) is 28.4 Å². The molecule has 3 heterocycles. The molecule has 82 valence electrons. The SMILES string of the molecule is CCn1nc(-c2cccnc2)c2c1NCC2. The molecule has 0 unspecified atom stereocenters. The Morgan fingerprint density at radius 1 is 1.50 bits per heavy atom. The van der Waals surface area contributed by atoms with E-state index in [1.54, 1.807) is 6.20 Å². The largest absolute Gasteiger partial charge is 0.370 e. The lowest BCUT2D eigenvalue weighted by Gasteiger charge is -2.01. The van der Waals surface area contributed by atoms with Crippen molar-refractivity contribution in [2.45, 2.75) is 19.9 Å². The van der Waals surface area contributed by atoms with Gasteiger partial charge in [-0.25, -0.2) is 4.68 Å². The molecule has 2 aromatic heterocycles. The molecule has 1 aliphatic heterocycles. The third kappa shape index (κ3) is 1.30. The first kappa shape index (κ1) is 9.39. The maximum absolute atomic E-state index is 4.63. The van der Waals surface area contributed by atoms with Crippen molar-refractivity contribution in [1.29, 1.82) is 0 Å². The molecular formula is C12H14N4. The van der Waals surface area contributed by atoms with Crippen molar-refractivity contribution in [3.8, 4) is 11.3 Å². The van der Waals surface area contributed by atoms with E-state index in [0.717, 1.165) is 30.8 Å². The quantitative estimate of drug-likeness (QED) is 0.830. The summed E-state index contributed by atoms with van der Waals surface area (Å²) in [6, 6.07) is 4.02. The third-order valence-electron chi connectivity index (χ3n) is 2.95. The number of aryl methyl sites for hydroxylation is 1. The topological polar surface area (TPSA) is 42.7 Å². The summed E-state index contributed by atoms with van der Waals surface area (Å²) in [7, 11) is 0. The van der Waals surface area contributed by atoms with Gasteiger partial charge in [0.1, 0.15) is 5.82 Å². The van der Waals surface area contributed by atoms with Crippen LogP contribution >= 0.6 is 0 Å². The highest BCUT2D eigenvalue weighted by Gasteiger charge is 2.22. The minimum atomic E-state index is 0.898. The number of hydrogen-bond acceptors (Lipinski definition) is 3. The van der Waals surface area contributed by atoms with Gasteiger partial charge in [-0.1, -0.05) is 0 Å². The van der Waals surface area contributed by atoms with Gasteiger partial charge in [0.2, 0.25) is 0 Å². The standard InChI is InChI=1S/C12H14N4/c1-2-16-12-10(5-7-14-12)11(15-16)9-4-3-6-13-8-9/h3-4,6,8,14H,2,5,7H2,1H3. The molecule has 0 bridgehead atoms. The fourth-order valence-corrected chi connectivity index (χ4v) is 2.20. The highest BCUT2D eigenvalue weighted by Crippen LogP contribution is 2.32. The number of pyridine rings is 1. The smallest absolute Gasteiger partial charge is 0.128 e. The molecule has 0 aromatic carbocycles. The molecule has 0 amide bonds. The Bertz CT molecular complexity index is 501. The third-order valence-corrected chi connectivity index (χ3v) is 2.95. The molecule has 4 nitrogen and oxygen atoms in total. The van der Waals surface area contributed by atoms with Crippen LogP contribution in [0.4, 0.5) is 5.82 Å². The first-order chi connectivity index (χ1) is 7.90. The van der Waals surface area contributed by atoms with E-state index in [-0.39, 0.29) is 0 Å². The van der Waals surface area contributed by atoms with Gasteiger partial charge in [-0.2, -0.15) is 5.10 Å². The zero-order valence-corrected chi connectivity index (χ0v) is 9.27. The number of nitrogens with zero attached hydrogens (tertiary/aromatic N) is 3. The summed E-state index contributed by atoms with van der Waals surface area (Å²) in [5, 5.41) is 8.02. The van der Waals surface area contributed by atoms with Gasteiger partial charge in [0.25, 0.3) is 0 Å². The Kier molecular flexibility index (Phi) is 2.13. The zero-order chi connectivity index (χ0) is 11.0. The lowest BCUT2D eigenvalue weighted by molar-refractivity contribution is 0.668. The van der Waals surface area contributed by atoms with Gasteiger partial charge in [-0.3, -0.25) is 4.98 Å². The summed E-state index contributed by atoms with van der Waals surface area (Å²) < 4.78 is 2.03. The van der Waals surface area contributed by atoms with Crippen molar-refractivity contribution < 1.29 is 0 Å². The van der Waals surface area contributed by atoms with Gasteiger partial charge >= 0.3 is 0 Å². The summed E-state index contributed by atoms with van der Waals surface area (Å²) in [6.07, 6.45) is 4.72. The monoisotopic (exact) mass is 214 g/mol. The maximum atomic E-state index is 4.63. The van der Waals surface area contributed by atoms with Crippen LogP contribution in [0.2, 0.25) is 0 Å². The second-order valence-electron chi connectivity index (χ2n) is 3.91. The van der Waals surface area contributed by atoms with Crippen molar-refractivity contribution in [3.05, 3.63) is 30.1 Å². The first-order valence-electron chi connectivity index (χ1n) is 5.64. The van der Waals surface area contributed by atoms with Crippen molar-refractivity contribution in [1.82, 2.24) is 14.8 Å². The number of nitrogens with one attached hydrogen (secondary N) is 1. The molecule has 1 aliphatic rings. The van der Waals surface area contributed by atoms with E-state index in [1.807, 2.05) is 16.9 Å². The lowest BCUT2D eigenvalue weighted by atomic mass is 10.1. The summed E-state index contributed by atoms with van der Waals surface area (Å²) in [5.41, 5.74) is 3.51. The van der Waals surface area contributed by atoms with Crippen LogP contribution in [0.15, 0.2) is 24.5 Å². The average Bonchev–Trinajstić information content (AvgIpc) is 2.91. The van der Waals surface area contributed by atoms with Crippen molar-refractivity contribution >= 4 is 5.82 Å². The Balaban J connectivity index is 2.15. The average molecular weight is 214 g/mol. The van der Waals surface area contributed by atoms with Crippen molar-refractivity contribution in [3.63, 3.8) is 0 Å². The summed E-state index contributed by atoms with van der Waals surface area (Å²) in [5.74, 6) is 1.18. The molecular weight excluding hydrogens is 200 g/mol. The fraction of sp³-hybridized carbons (Fsp3) is 0.333. The van der Waals surface area contributed by atoms with E-state index in [1.165, 1.54) is 11.4 Å². The van der Waals surface area contributed by atoms with Crippen LogP contribution in [-0.4, -0.2) is 21.3 Å². The van der Waals surface area contributed by atoms with E-state index in [9.17, 15) is 0 Å². The predicted octanol–water partition coefficient (Wildman–Crippen LogP) is 1.93. The number of fused-ring (bicyclic) bond motifs is 1. The van der Waals surface area contributed by atoms with Crippen LogP contribution < -0.4 is 5.32 Å². The van der Waals surface area contributed by atoms with E-state index in [0.29, 0.717) is 0 Å². The molecule has 0 saturated heterocycles. The van der Waals surface area contributed by atoms with Gasteiger partial charge in [0, 0.05) is 36.6 Å². The van der Waals surface area contributed by atoms with Gasteiger partial charge in [-0.15, -0.1) is 0 Å². The molecule has 0 fully saturated rings. The van der Waals surface area contributed by atoms with Gasteiger partial charge in [-0.05, 0) is 25.5 Å². The molecule has 0 aliphatic carbocycles. The van der Waals surface area contributed by atoms with E-state index in [4.69, 9.17) is 0 Å². The second kappa shape index (κ2) is 3.63. The van der Waals surface area contributed by atoms with Crippen LogP contribution in [0.25, 0.3) is 11.3 Å². The molecule has 0 atom stereocenters. The Morgan fingerprint density at radius 2 is 2.44 bits per heavy atom. The molecule has 1 N–H and O–H groups in total. The first-order valence-corrected chi connectivity index (χ1v) is 5.64. The van der Waals surface area contributed by atoms with Crippen LogP contribution in [0.1, 0.15) is 12.5 Å². The molecule has 0 radical (unpaired) electrons. The lowest BCUT2D eigenvalue weighted by Crippen LogP contribution is -2.04. The minimum absolute atomic E-state index is 0.898. The Morgan fingerprint density at radius 3 is 3.19 bits per heavy atom. The number of rotatable bonds is 2. The number of anilines is 1. The summed E-state index contributed by atoms with van der Waals surface area (Å²) >= 11 is 0. The van der Waals surface area contributed by atoms with E-state index >= 15 is 0 Å². The van der Waals surface area contributed by atoms with Crippen molar-refractivity contribution in [2.75, 3.05) is 11.9 Å². The maximum Gasteiger partial charge on any atom is 0.128 e. The van der Waals surface area contributed by atoms with Crippen LogP contribution in [0.5, 0.6) is 0 Å². The second-order valence-corrected chi connectivity index (χ2v) is 3.91. The van der Waals surface area contributed by atoms with Gasteiger partial charge < -0.3 is 5.32 Å². The molecule has 16 heavy (non-hydrogen) atoms. The van der Waals surface area contributed by atoms with Crippen LogP contribution in [-0.2, 0) is 13.0 Å². The molecule has 0 spiro atoms. The molecule has 0 saturated carbocycles. The molecule has 4 heteroatoms. The number of hydrogen-bond donors (Lipinski definition) is 1. The van der Waals surface area contributed by atoms with Crippen LogP contribution in [0.3, 0.4) is 0 Å². The summed E-state index contributed by atoms with van der Waals surface area (Å²) in [6.45, 7) is 4.02. The molecule has 3 rings (SSSR count). The van der Waals surface area contributed by atoms with Gasteiger partial charge in [0.15, 0.2) is 0 Å². The fourth-order valence-electron chi connectivity index (χ4n) is 2.20. The zero-order valence-electron chi connectivity index (χ0n) is 9.27.